The summed E-state index contributed by atoms with van der Waals surface area (Å²) in [5, 5.41) is 13.5. The van der Waals surface area contributed by atoms with Crippen LogP contribution >= 0.6 is 0 Å². The summed E-state index contributed by atoms with van der Waals surface area (Å²) in [4.78, 5) is 36.1. The van der Waals surface area contributed by atoms with E-state index in [0.717, 1.165) is 12.8 Å². The highest BCUT2D eigenvalue weighted by Gasteiger charge is 2.22. The number of hydrogen-bond donors (Lipinski definition) is 3. The van der Waals surface area contributed by atoms with Crippen LogP contribution in [-0.4, -0.2) is 66.8 Å². The number of carbonyl (C=O) groups excluding carboxylic acids is 2. The van der Waals surface area contributed by atoms with E-state index in [4.69, 9.17) is 9.84 Å². The molecule has 0 aromatic carbocycles. The van der Waals surface area contributed by atoms with E-state index >= 15 is 0 Å². The second-order valence-corrected chi connectivity index (χ2v) is 4.87. The quantitative estimate of drug-likeness (QED) is 0.632. The van der Waals surface area contributed by atoms with Crippen molar-refractivity contribution in [2.24, 2.45) is 0 Å². The lowest BCUT2D eigenvalue weighted by molar-refractivity contribution is -0.120. The molecule has 1 saturated heterocycles. The van der Waals surface area contributed by atoms with E-state index in [-0.39, 0.29) is 18.4 Å². The van der Waals surface area contributed by atoms with Gasteiger partial charge in [-0.1, -0.05) is 19.8 Å². The monoisotopic (exact) mass is 301 g/mol. The molecule has 1 unspecified atom stereocenters. The Hall–Kier alpha value is -1.83. The third-order valence-corrected chi connectivity index (χ3v) is 3.24. The maximum absolute atomic E-state index is 12.0. The molecule has 1 rings (SSSR count). The summed E-state index contributed by atoms with van der Waals surface area (Å²) < 4.78 is 5.14. The maximum Gasteiger partial charge on any atom is 0.405 e. The van der Waals surface area contributed by atoms with E-state index in [9.17, 15) is 14.4 Å². The number of hydrogen-bond acceptors (Lipinski definition) is 4. The number of rotatable bonds is 7. The Balaban J connectivity index is 2.40. The average molecular weight is 301 g/mol. The van der Waals surface area contributed by atoms with Gasteiger partial charge in [0.1, 0.15) is 0 Å². The molecule has 8 nitrogen and oxygen atoms in total. The molecular weight excluding hydrogens is 278 g/mol. The molecule has 0 aromatic rings. The molecular formula is C13H23N3O5. The van der Waals surface area contributed by atoms with Crippen LogP contribution in [0.1, 0.15) is 26.2 Å². The number of nitrogens with one attached hydrogen (secondary N) is 2. The Bertz CT molecular complexity index is 369. The fourth-order valence-electron chi connectivity index (χ4n) is 2.04. The number of urea groups is 1. The van der Waals surface area contributed by atoms with Gasteiger partial charge in [0.25, 0.3) is 0 Å². The van der Waals surface area contributed by atoms with Crippen molar-refractivity contribution in [3.8, 4) is 0 Å². The average Bonchev–Trinajstić information content (AvgIpc) is 2.49. The molecule has 1 aliphatic heterocycles. The van der Waals surface area contributed by atoms with Crippen LogP contribution in [0.5, 0.6) is 0 Å². The van der Waals surface area contributed by atoms with Crippen LogP contribution < -0.4 is 10.6 Å². The highest BCUT2D eigenvalue weighted by molar-refractivity contribution is 5.91. The minimum Gasteiger partial charge on any atom is -0.465 e. The lowest BCUT2D eigenvalue weighted by Crippen LogP contribution is -2.50. The third kappa shape index (κ3) is 6.44. The van der Waals surface area contributed by atoms with Gasteiger partial charge in [-0.15, -0.1) is 0 Å². The molecule has 0 bridgehead atoms. The molecule has 3 amide bonds. The Labute approximate surface area is 123 Å². The summed E-state index contributed by atoms with van der Waals surface area (Å²) in [5.74, 6) is -0.326. The Morgan fingerprint density at radius 2 is 1.95 bits per heavy atom. The maximum atomic E-state index is 12.0. The van der Waals surface area contributed by atoms with Crippen LogP contribution in [-0.2, 0) is 9.53 Å². The van der Waals surface area contributed by atoms with Crippen molar-refractivity contribution >= 4 is 17.9 Å². The molecule has 8 heteroatoms. The topological polar surface area (TPSA) is 108 Å². The van der Waals surface area contributed by atoms with Crippen molar-refractivity contribution in [2.75, 3.05) is 32.8 Å². The fraction of sp³-hybridized carbons (Fsp3) is 0.769. The van der Waals surface area contributed by atoms with Crippen molar-refractivity contribution in [1.29, 1.82) is 0 Å². The van der Waals surface area contributed by atoms with E-state index in [2.05, 4.69) is 10.6 Å². The zero-order chi connectivity index (χ0) is 15.7. The molecule has 120 valence electrons. The van der Waals surface area contributed by atoms with Gasteiger partial charge in [-0.3, -0.25) is 4.79 Å². The number of amides is 3. The zero-order valence-corrected chi connectivity index (χ0v) is 12.3. The van der Waals surface area contributed by atoms with Crippen molar-refractivity contribution in [2.45, 2.75) is 32.2 Å². The molecule has 0 aromatic heterocycles. The van der Waals surface area contributed by atoms with Gasteiger partial charge in [0, 0.05) is 13.1 Å². The van der Waals surface area contributed by atoms with Gasteiger partial charge in [0.05, 0.1) is 25.8 Å². The predicted molar refractivity (Wildman–Crippen MR) is 75.3 cm³/mol. The number of nitrogens with zero attached hydrogens (tertiary/aromatic N) is 1. The van der Waals surface area contributed by atoms with Gasteiger partial charge in [-0.05, 0) is 6.42 Å². The number of ether oxygens (including phenoxy) is 1. The molecule has 0 aliphatic carbocycles. The Morgan fingerprint density at radius 3 is 2.52 bits per heavy atom. The number of Topliss-reactive ketones (excluding diaryl/α,β-unsaturated/α-hetero) is 1. The van der Waals surface area contributed by atoms with Gasteiger partial charge in [0.2, 0.25) is 0 Å². The molecule has 1 heterocycles. The van der Waals surface area contributed by atoms with Crippen LogP contribution in [0.25, 0.3) is 0 Å². The van der Waals surface area contributed by atoms with Crippen LogP contribution in [0.4, 0.5) is 9.59 Å². The Kier molecular flexibility index (Phi) is 7.52. The Morgan fingerprint density at radius 1 is 1.29 bits per heavy atom. The summed E-state index contributed by atoms with van der Waals surface area (Å²) in [6.45, 7) is 3.74. The van der Waals surface area contributed by atoms with Crippen molar-refractivity contribution < 1.29 is 24.2 Å². The summed E-state index contributed by atoms with van der Waals surface area (Å²) in [7, 11) is 0. The predicted octanol–water partition coefficient (Wildman–Crippen LogP) is 0.424. The number of carboxylic acid groups (broad SMARTS) is 1. The number of unbranched alkanes of at least 4 members (excludes halogenated alkanes) is 1. The second kappa shape index (κ2) is 9.17. The minimum atomic E-state index is -1.23. The number of morpholine rings is 1. The van der Waals surface area contributed by atoms with Crippen LogP contribution in [0.2, 0.25) is 0 Å². The first-order chi connectivity index (χ1) is 10.0. The SMILES string of the molecule is CCCCC(NC(=O)O)C(=O)CNC(=O)N1CCOCC1. The molecule has 1 aliphatic rings. The normalized spacial score (nSPS) is 16.1. The fourth-order valence-corrected chi connectivity index (χ4v) is 2.04. The van der Waals surface area contributed by atoms with Crippen LogP contribution in [0, 0.1) is 0 Å². The van der Waals surface area contributed by atoms with E-state index < -0.39 is 12.1 Å². The van der Waals surface area contributed by atoms with Crippen LogP contribution in [0.15, 0.2) is 0 Å². The van der Waals surface area contributed by atoms with Crippen LogP contribution in [0.3, 0.4) is 0 Å². The number of carbonyl (C=O) groups is 3. The van der Waals surface area contributed by atoms with E-state index in [0.29, 0.717) is 32.7 Å². The second-order valence-electron chi connectivity index (χ2n) is 4.87. The zero-order valence-electron chi connectivity index (χ0n) is 12.3. The van der Waals surface area contributed by atoms with E-state index in [1.807, 2.05) is 6.92 Å². The van der Waals surface area contributed by atoms with Crippen molar-refractivity contribution in [1.82, 2.24) is 15.5 Å². The first kappa shape index (κ1) is 17.2. The van der Waals surface area contributed by atoms with Gasteiger partial charge in [-0.25, -0.2) is 9.59 Å². The van der Waals surface area contributed by atoms with Gasteiger partial charge in [0.15, 0.2) is 5.78 Å². The van der Waals surface area contributed by atoms with Crippen molar-refractivity contribution in [3.05, 3.63) is 0 Å². The third-order valence-electron chi connectivity index (χ3n) is 3.24. The van der Waals surface area contributed by atoms with Gasteiger partial charge >= 0.3 is 12.1 Å². The molecule has 1 atom stereocenters. The summed E-state index contributed by atoms with van der Waals surface area (Å²) in [6, 6.07) is -1.09. The minimum absolute atomic E-state index is 0.176. The molecule has 0 radical (unpaired) electrons. The molecule has 1 fully saturated rings. The smallest absolute Gasteiger partial charge is 0.405 e. The molecule has 0 saturated carbocycles. The highest BCUT2D eigenvalue weighted by Crippen LogP contribution is 2.02. The lowest BCUT2D eigenvalue weighted by Gasteiger charge is -2.27. The first-order valence-corrected chi connectivity index (χ1v) is 7.17. The summed E-state index contributed by atoms with van der Waals surface area (Å²) >= 11 is 0. The van der Waals surface area contributed by atoms with E-state index in [1.165, 1.54) is 0 Å². The summed E-state index contributed by atoms with van der Waals surface area (Å²) in [6.07, 6.45) is 0.818. The number of ketones is 1. The van der Waals surface area contributed by atoms with Crippen molar-refractivity contribution in [3.63, 3.8) is 0 Å². The highest BCUT2D eigenvalue weighted by atomic mass is 16.5. The van der Waals surface area contributed by atoms with Gasteiger partial charge in [-0.2, -0.15) is 0 Å². The van der Waals surface area contributed by atoms with E-state index in [1.54, 1.807) is 4.90 Å². The molecule has 0 spiro atoms. The summed E-state index contributed by atoms with van der Waals surface area (Å²) in [5.41, 5.74) is 0. The standard InChI is InChI=1S/C13H23N3O5/c1-2-3-4-10(15-13(19)20)11(17)9-14-12(18)16-5-7-21-8-6-16/h10,15H,2-9H2,1H3,(H,14,18)(H,19,20). The molecule has 3 N–H and O–H groups in total. The van der Waals surface area contributed by atoms with Gasteiger partial charge < -0.3 is 25.4 Å². The largest absolute Gasteiger partial charge is 0.465 e. The lowest BCUT2D eigenvalue weighted by atomic mass is 10.1. The first-order valence-electron chi connectivity index (χ1n) is 7.17. The molecule has 21 heavy (non-hydrogen) atoms.